The summed E-state index contributed by atoms with van der Waals surface area (Å²) in [6, 6.07) is 13.4. The van der Waals surface area contributed by atoms with E-state index in [0.717, 1.165) is 22.0 Å². The van der Waals surface area contributed by atoms with Gasteiger partial charge in [-0.1, -0.05) is 17.7 Å². The molecule has 0 spiro atoms. The molecule has 8 nitrogen and oxygen atoms in total. The molecule has 0 saturated carbocycles. The molecule has 0 bridgehead atoms. The molecule has 0 aliphatic heterocycles. The molecule has 2 heterocycles. The molecule has 2 N–H and O–H groups in total. The Morgan fingerprint density at radius 1 is 1.04 bits per heavy atom. The van der Waals surface area contributed by atoms with Crippen LogP contribution in [0.1, 0.15) is 5.56 Å². The van der Waals surface area contributed by atoms with E-state index in [1.807, 2.05) is 49.4 Å². The fourth-order valence-corrected chi connectivity index (χ4v) is 2.49. The topological polar surface area (TPSA) is 107 Å². The van der Waals surface area contributed by atoms with Crippen molar-refractivity contribution in [1.29, 1.82) is 0 Å². The Kier molecular flexibility index (Phi) is 3.62. The van der Waals surface area contributed by atoms with E-state index < -0.39 is 0 Å². The number of pyridine rings is 1. The summed E-state index contributed by atoms with van der Waals surface area (Å²) in [5.74, 6) is 0.354. The highest BCUT2D eigenvalue weighted by molar-refractivity contribution is 5.96. The number of aryl methyl sites for hydroxylation is 1. The van der Waals surface area contributed by atoms with Crippen LogP contribution in [0.2, 0.25) is 0 Å². The van der Waals surface area contributed by atoms with Crippen LogP contribution in [-0.2, 0) is 0 Å². The molecule has 0 atom stereocenters. The maximum Gasteiger partial charge on any atom is 0.151 e. The van der Waals surface area contributed by atoms with Crippen LogP contribution in [0.5, 0.6) is 0 Å². The maximum atomic E-state index is 6.00. The van der Waals surface area contributed by atoms with Gasteiger partial charge in [-0.05, 0) is 47.7 Å². The van der Waals surface area contributed by atoms with Crippen LogP contribution in [0, 0.1) is 6.92 Å². The minimum absolute atomic E-state index is 0.354. The molecule has 0 amide bonds. The number of tetrazole rings is 1. The number of hydrogen-bond donors (Lipinski definition) is 1. The van der Waals surface area contributed by atoms with Gasteiger partial charge in [0.05, 0.1) is 11.4 Å². The number of anilines is 1. The Bertz CT molecular complexity index is 1050. The normalized spacial score (nSPS) is 11.4. The molecule has 8 heteroatoms. The van der Waals surface area contributed by atoms with Crippen LogP contribution in [-0.4, -0.2) is 25.2 Å². The SMILES string of the molecule is Cc1ccc2cnc(N)c(/N=N/c3ccc(-n4cnnn4)cc3)c2c1. The van der Waals surface area contributed by atoms with Gasteiger partial charge in [0, 0.05) is 17.0 Å². The van der Waals surface area contributed by atoms with Gasteiger partial charge in [0.1, 0.15) is 12.0 Å². The van der Waals surface area contributed by atoms with E-state index in [1.165, 1.54) is 6.33 Å². The van der Waals surface area contributed by atoms with Gasteiger partial charge in [-0.2, -0.15) is 5.11 Å². The quantitative estimate of drug-likeness (QED) is 0.578. The lowest BCUT2D eigenvalue weighted by Gasteiger charge is -2.05. The van der Waals surface area contributed by atoms with Gasteiger partial charge < -0.3 is 5.73 Å². The van der Waals surface area contributed by atoms with E-state index >= 15 is 0 Å². The molecule has 0 aliphatic rings. The lowest BCUT2D eigenvalue weighted by Crippen LogP contribution is -1.93. The van der Waals surface area contributed by atoms with Crippen LogP contribution < -0.4 is 5.73 Å². The van der Waals surface area contributed by atoms with E-state index in [-0.39, 0.29) is 0 Å². The fraction of sp³-hybridized carbons (Fsp3) is 0.0588. The highest BCUT2D eigenvalue weighted by atomic mass is 15.5. The lowest BCUT2D eigenvalue weighted by atomic mass is 10.1. The number of nitrogens with zero attached hydrogens (tertiary/aromatic N) is 7. The molecule has 0 radical (unpaired) electrons. The predicted octanol–water partition coefficient (Wildman–Crippen LogP) is 3.52. The van der Waals surface area contributed by atoms with Gasteiger partial charge in [0.2, 0.25) is 0 Å². The first-order valence-electron chi connectivity index (χ1n) is 7.61. The third-order valence-corrected chi connectivity index (χ3v) is 3.78. The highest BCUT2D eigenvalue weighted by Crippen LogP contribution is 2.32. The van der Waals surface area contributed by atoms with Crippen molar-refractivity contribution in [2.24, 2.45) is 10.2 Å². The van der Waals surface area contributed by atoms with E-state index in [9.17, 15) is 0 Å². The average Bonchev–Trinajstić information content (AvgIpc) is 3.16. The Hall–Kier alpha value is -3.68. The predicted molar refractivity (Wildman–Crippen MR) is 94.2 cm³/mol. The zero-order valence-electron chi connectivity index (χ0n) is 13.4. The van der Waals surface area contributed by atoms with Crippen molar-refractivity contribution in [1.82, 2.24) is 25.2 Å². The molecule has 4 rings (SSSR count). The summed E-state index contributed by atoms with van der Waals surface area (Å²) in [7, 11) is 0. The Balaban J connectivity index is 1.69. The molecule has 2 aromatic carbocycles. The Morgan fingerprint density at radius 2 is 1.88 bits per heavy atom. The minimum atomic E-state index is 0.354. The van der Waals surface area contributed by atoms with E-state index in [0.29, 0.717) is 17.2 Å². The first-order valence-corrected chi connectivity index (χ1v) is 7.61. The number of benzene rings is 2. The summed E-state index contributed by atoms with van der Waals surface area (Å²) in [4.78, 5) is 4.20. The van der Waals surface area contributed by atoms with Crippen molar-refractivity contribution in [3.05, 3.63) is 60.6 Å². The van der Waals surface area contributed by atoms with Gasteiger partial charge >= 0.3 is 0 Å². The van der Waals surface area contributed by atoms with Gasteiger partial charge in [0.25, 0.3) is 0 Å². The second-order valence-corrected chi connectivity index (χ2v) is 5.55. The molecular weight excluding hydrogens is 316 g/mol. The van der Waals surface area contributed by atoms with Gasteiger partial charge in [-0.3, -0.25) is 0 Å². The molecule has 2 aromatic heterocycles. The number of aromatic nitrogens is 5. The lowest BCUT2D eigenvalue weighted by molar-refractivity contribution is 0.789. The second-order valence-electron chi connectivity index (χ2n) is 5.55. The van der Waals surface area contributed by atoms with Crippen molar-refractivity contribution in [2.45, 2.75) is 6.92 Å². The molecule has 0 fully saturated rings. The number of hydrogen-bond acceptors (Lipinski definition) is 7. The number of rotatable bonds is 3. The van der Waals surface area contributed by atoms with Gasteiger partial charge in [-0.25, -0.2) is 9.67 Å². The standard InChI is InChI=1S/C17H14N8/c1-11-2-3-12-9-19-17(18)16(15(12)8-11)22-21-13-4-6-14(7-5-13)25-10-20-23-24-25/h2-10H,1H3,(H2,18,19)/b22-21+. The van der Waals surface area contributed by atoms with E-state index in [2.05, 4.69) is 30.7 Å². The van der Waals surface area contributed by atoms with Crippen molar-refractivity contribution < 1.29 is 0 Å². The van der Waals surface area contributed by atoms with Crippen molar-refractivity contribution in [2.75, 3.05) is 5.73 Å². The Labute approximate surface area is 143 Å². The summed E-state index contributed by atoms with van der Waals surface area (Å²) < 4.78 is 1.57. The van der Waals surface area contributed by atoms with Gasteiger partial charge in [-0.15, -0.1) is 10.2 Å². The van der Waals surface area contributed by atoms with Crippen LogP contribution in [0.25, 0.3) is 16.5 Å². The maximum absolute atomic E-state index is 6.00. The second kappa shape index (κ2) is 6.08. The molecule has 0 saturated heterocycles. The third-order valence-electron chi connectivity index (χ3n) is 3.78. The third kappa shape index (κ3) is 2.92. The van der Waals surface area contributed by atoms with Crippen LogP contribution in [0.4, 0.5) is 17.2 Å². The summed E-state index contributed by atoms with van der Waals surface area (Å²) in [5, 5.41) is 21.6. The zero-order chi connectivity index (χ0) is 17.2. The first-order chi connectivity index (χ1) is 12.2. The molecule has 122 valence electrons. The molecule has 0 unspecified atom stereocenters. The summed E-state index contributed by atoms with van der Waals surface area (Å²) >= 11 is 0. The van der Waals surface area contributed by atoms with Crippen LogP contribution in [0.15, 0.2) is 65.2 Å². The fourth-order valence-electron chi connectivity index (χ4n) is 2.49. The van der Waals surface area contributed by atoms with E-state index in [4.69, 9.17) is 5.73 Å². The Morgan fingerprint density at radius 3 is 2.64 bits per heavy atom. The molecular formula is C17H14N8. The van der Waals surface area contributed by atoms with E-state index in [1.54, 1.807) is 10.9 Å². The smallest absolute Gasteiger partial charge is 0.151 e. The van der Waals surface area contributed by atoms with Crippen molar-refractivity contribution in [3.63, 3.8) is 0 Å². The van der Waals surface area contributed by atoms with Gasteiger partial charge in [0.15, 0.2) is 5.82 Å². The largest absolute Gasteiger partial charge is 0.382 e. The number of nitrogen functional groups attached to an aromatic ring is 1. The summed E-state index contributed by atoms with van der Waals surface area (Å²) in [6.45, 7) is 2.02. The monoisotopic (exact) mass is 330 g/mol. The average molecular weight is 330 g/mol. The van der Waals surface area contributed by atoms with Crippen LogP contribution in [0.3, 0.4) is 0 Å². The zero-order valence-corrected chi connectivity index (χ0v) is 13.4. The number of nitrogens with two attached hydrogens (primary N) is 1. The van der Waals surface area contributed by atoms with Crippen molar-refractivity contribution >= 4 is 28.0 Å². The summed E-state index contributed by atoms with van der Waals surface area (Å²) in [6.07, 6.45) is 3.27. The molecule has 0 aliphatic carbocycles. The summed E-state index contributed by atoms with van der Waals surface area (Å²) in [5.41, 5.74) is 9.23. The molecule has 25 heavy (non-hydrogen) atoms. The first kappa shape index (κ1) is 14.9. The minimum Gasteiger partial charge on any atom is -0.382 e. The van der Waals surface area contributed by atoms with Crippen molar-refractivity contribution in [3.8, 4) is 5.69 Å². The highest BCUT2D eigenvalue weighted by Gasteiger charge is 2.07. The number of azo groups is 1. The van der Waals surface area contributed by atoms with Crippen LogP contribution >= 0.6 is 0 Å². The molecule has 4 aromatic rings. The number of fused-ring (bicyclic) bond motifs is 1.